The van der Waals surface area contributed by atoms with Gasteiger partial charge < -0.3 is 9.80 Å². The van der Waals surface area contributed by atoms with Crippen LogP contribution in [0.1, 0.15) is 59.5 Å². The van der Waals surface area contributed by atoms with Crippen molar-refractivity contribution in [3.05, 3.63) is 69.0 Å². The van der Waals surface area contributed by atoms with Gasteiger partial charge in [0.25, 0.3) is 11.5 Å². The number of nitrogens with zero attached hydrogens (tertiary/aromatic N) is 4. The first-order chi connectivity index (χ1) is 15.5. The quantitative estimate of drug-likeness (QED) is 0.682. The molecule has 0 radical (unpaired) electrons. The monoisotopic (exact) mass is 437 g/mol. The zero-order valence-corrected chi connectivity index (χ0v) is 17.8. The van der Waals surface area contributed by atoms with E-state index in [1.54, 1.807) is 21.9 Å². The molecular formula is C23H24FN5O3. The molecule has 1 fully saturated rings. The summed E-state index contributed by atoms with van der Waals surface area (Å²) in [6.45, 7) is 3.22. The van der Waals surface area contributed by atoms with Gasteiger partial charge in [-0.25, -0.2) is 13.9 Å². The number of rotatable bonds is 3. The Balaban J connectivity index is 1.48. The van der Waals surface area contributed by atoms with E-state index in [0.29, 0.717) is 54.9 Å². The van der Waals surface area contributed by atoms with Gasteiger partial charge in [-0.3, -0.25) is 19.5 Å². The number of carbonyl (C=O) groups excluding carboxylic acids is 2. The zero-order chi connectivity index (χ0) is 22.4. The highest BCUT2D eigenvalue weighted by Gasteiger charge is 2.33. The van der Waals surface area contributed by atoms with Crippen molar-refractivity contribution in [1.29, 1.82) is 0 Å². The lowest BCUT2D eigenvalue weighted by molar-refractivity contribution is -0.131. The normalized spacial score (nSPS) is 18.2. The molecule has 32 heavy (non-hydrogen) atoms. The highest BCUT2D eigenvalue weighted by atomic mass is 19.1. The number of carbonyl (C=O) groups is 2. The summed E-state index contributed by atoms with van der Waals surface area (Å²) in [5, 5.41) is 3.14. The third-order valence-corrected chi connectivity index (χ3v) is 6.39. The van der Waals surface area contributed by atoms with Gasteiger partial charge in [-0.2, -0.15) is 0 Å². The van der Waals surface area contributed by atoms with Crippen LogP contribution in [-0.2, 0) is 17.8 Å². The van der Waals surface area contributed by atoms with Gasteiger partial charge in [0.1, 0.15) is 5.82 Å². The molecule has 166 valence electrons. The molecule has 5 rings (SSSR count). The predicted octanol–water partition coefficient (Wildman–Crippen LogP) is 2.43. The van der Waals surface area contributed by atoms with Crippen LogP contribution in [0.5, 0.6) is 0 Å². The van der Waals surface area contributed by atoms with Crippen molar-refractivity contribution in [3.8, 4) is 0 Å². The Kier molecular flexibility index (Phi) is 5.03. The molecule has 4 heterocycles. The molecule has 1 N–H and O–H groups in total. The molecule has 9 heteroatoms. The fraction of sp³-hybridized carbons (Fsp3) is 0.391. The third kappa shape index (κ3) is 3.37. The fourth-order valence-electron chi connectivity index (χ4n) is 4.74. The summed E-state index contributed by atoms with van der Waals surface area (Å²) < 4.78 is 15.0. The van der Waals surface area contributed by atoms with E-state index in [9.17, 15) is 18.8 Å². The largest absolute Gasteiger partial charge is 0.336 e. The van der Waals surface area contributed by atoms with E-state index < -0.39 is 5.82 Å². The van der Waals surface area contributed by atoms with Crippen molar-refractivity contribution in [1.82, 2.24) is 24.4 Å². The summed E-state index contributed by atoms with van der Waals surface area (Å²) in [5.41, 5.74) is 2.59. The van der Waals surface area contributed by atoms with Crippen LogP contribution in [0.3, 0.4) is 0 Å². The van der Waals surface area contributed by atoms with Crippen LogP contribution in [0.15, 0.2) is 35.1 Å². The minimum atomic E-state index is -0.450. The fourth-order valence-corrected chi connectivity index (χ4v) is 4.74. The molecule has 1 aromatic carbocycles. The topological polar surface area (TPSA) is 90.8 Å². The lowest BCUT2D eigenvalue weighted by Gasteiger charge is -2.27. The van der Waals surface area contributed by atoms with E-state index >= 15 is 0 Å². The van der Waals surface area contributed by atoms with Crippen molar-refractivity contribution >= 4 is 17.5 Å². The molecule has 2 aromatic heterocycles. The van der Waals surface area contributed by atoms with Gasteiger partial charge in [-0.15, -0.1) is 0 Å². The lowest BCUT2D eigenvalue weighted by atomic mass is 10.1. The van der Waals surface area contributed by atoms with E-state index in [1.165, 1.54) is 22.7 Å². The second-order valence-electron chi connectivity index (χ2n) is 8.33. The molecule has 2 aliphatic rings. The number of hydrogen-bond acceptors (Lipinski definition) is 4. The average molecular weight is 437 g/mol. The molecule has 8 nitrogen and oxygen atoms in total. The average Bonchev–Trinajstić information content (AvgIpc) is 3.45. The first kappa shape index (κ1) is 20.4. The van der Waals surface area contributed by atoms with Crippen LogP contribution >= 0.6 is 0 Å². The summed E-state index contributed by atoms with van der Waals surface area (Å²) in [6, 6.07) is 7.23. The minimum absolute atomic E-state index is 0.0462. The Morgan fingerprint density at radius 1 is 1.25 bits per heavy atom. The van der Waals surface area contributed by atoms with Gasteiger partial charge in [0, 0.05) is 36.7 Å². The second kappa shape index (κ2) is 7.89. The van der Waals surface area contributed by atoms with E-state index in [-0.39, 0.29) is 23.4 Å². The lowest BCUT2D eigenvalue weighted by Crippen LogP contribution is -2.39. The van der Waals surface area contributed by atoms with Crippen molar-refractivity contribution in [3.63, 3.8) is 0 Å². The number of benzene rings is 1. The SMILES string of the molecule is CCC(=O)N1CCc2c(nc3cc(C4CCCN4C(=O)c4cccc(F)c4)[nH]n3c2=O)C1. The summed E-state index contributed by atoms with van der Waals surface area (Å²) in [6.07, 6.45) is 2.44. The number of aromatic amines is 1. The Labute approximate surface area is 183 Å². The van der Waals surface area contributed by atoms with Crippen LogP contribution in [0, 0.1) is 5.82 Å². The summed E-state index contributed by atoms with van der Waals surface area (Å²) in [7, 11) is 0. The summed E-state index contributed by atoms with van der Waals surface area (Å²) in [4.78, 5) is 46.3. The molecule has 1 saturated heterocycles. The number of aromatic nitrogens is 3. The van der Waals surface area contributed by atoms with Crippen LogP contribution in [0.2, 0.25) is 0 Å². The first-order valence-electron chi connectivity index (χ1n) is 10.9. The highest BCUT2D eigenvalue weighted by molar-refractivity contribution is 5.94. The number of fused-ring (bicyclic) bond motifs is 2. The van der Waals surface area contributed by atoms with Crippen molar-refractivity contribution in [2.75, 3.05) is 13.1 Å². The third-order valence-electron chi connectivity index (χ3n) is 6.39. The van der Waals surface area contributed by atoms with Crippen LogP contribution in [0.25, 0.3) is 5.65 Å². The maximum Gasteiger partial charge on any atom is 0.276 e. The molecule has 0 spiro atoms. The van der Waals surface area contributed by atoms with Crippen molar-refractivity contribution < 1.29 is 14.0 Å². The van der Waals surface area contributed by atoms with E-state index in [0.717, 1.165) is 18.5 Å². The molecule has 2 aliphatic heterocycles. The van der Waals surface area contributed by atoms with Gasteiger partial charge in [0.05, 0.1) is 24.0 Å². The van der Waals surface area contributed by atoms with Gasteiger partial charge in [-0.1, -0.05) is 13.0 Å². The standard InChI is InChI=1S/C23H24FN5O3/c1-2-21(30)27-10-8-16-18(13-27)25-20-12-17(26-29(20)23(16)32)19-7-4-9-28(19)22(31)14-5-3-6-15(24)11-14/h3,5-6,11-12,19,26H,2,4,7-10,13H2,1H3. The van der Waals surface area contributed by atoms with Gasteiger partial charge in [0.2, 0.25) is 5.91 Å². The van der Waals surface area contributed by atoms with E-state index in [2.05, 4.69) is 10.1 Å². The molecule has 1 unspecified atom stereocenters. The Hall–Kier alpha value is -3.49. The molecule has 1 atom stereocenters. The number of amides is 2. The van der Waals surface area contributed by atoms with Gasteiger partial charge in [-0.05, 0) is 37.5 Å². The Morgan fingerprint density at radius 3 is 2.88 bits per heavy atom. The predicted molar refractivity (Wildman–Crippen MR) is 115 cm³/mol. The molecule has 0 saturated carbocycles. The molecule has 0 bridgehead atoms. The summed E-state index contributed by atoms with van der Waals surface area (Å²) in [5.74, 6) is -0.641. The number of nitrogens with one attached hydrogen (secondary N) is 1. The van der Waals surface area contributed by atoms with E-state index in [4.69, 9.17) is 0 Å². The first-order valence-corrected chi connectivity index (χ1v) is 10.9. The Bertz CT molecular complexity index is 1280. The zero-order valence-electron chi connectivity index (χ0n) is 17.8. The minimum Gasteiger partial charge on any atom is -0.336 e. The van der Waals surface area contributed by atoms with Gasteiger partial charge >= 0.3 is 0 Å². The number of hydrogen-bond donors (Lipinski definition) is 1. The number of halogens is 1. The molecule has 0 aliphatic carbocycles. The molecular weight excluding hydrogens is 413 g/mol. The van der Waals surface area contributed by atoms with Gasteiger partial charge in [0.15, 0.2) is 5.65 Å². The highest BCUT2D eigenvalue weighted by Crippen LogP contribution is 2.33. The second-order valence-corrected chi connectivity index (χ2v) is 8.33. The summed E-state index contributed by atoms with van der Waals surface area (Å²) >= 11 is 0. The van der Waals surface area contributed by atoms with Crippen LogP contribution in [-0.4, -0.2) is 49.3 Å². The maximum atomic E-state index is 13.6. The molecule has 3 aromatic rings. The number of H-pyrrole nitrogens is 1. The van der Waals surface area contributed by atoms with Crippen molar-refractivity contribution in [2.24, 2.45) is 0 Å². The number of likely N-dealkylation sites (tertiary alicyclic amines) is 1. The van der Waals surface area contributed by atoms with E-state index in [1.807, 2.05) is 6.92 Å². The van der Waals surface area contributed by atoms with Crippen LogP contribution in [0.4, 0.5) is 4.39 Å². The van der Waals surface area contributed by atoms with Crippen LogP contribution < -0.4 is 5.56 Å². The molecule has 2 amide bonds. The Morgan fingerprint density at radius 2 is 2.09 bits per heavy atom. The maximum absolute atomic E-state index is 13.6. The van der Waals surface area contributed by atoms with Crippen molar-refractivity contribution in [2.45, 2.75) is 45.2 Å². The smallest absolute Gasteiger partial charge is 0.276 e.